The number of hydrogen-bond acceptors (Lipinski definition) is 5. The third-order valence-electron chi connectivity index (χ3n) is 6.20. The molecule has 6 nitrogen and oxygen atoms in total. The molecule has 0 saturated carbocycles. The first-order valence-electron chi connectivity index (χ1n) is 11.2. The predicted octanol–water partition coefficient (Wildman–Crippen LogP) is 3.28. The van der Waals surface area contributed by atoms with Gasteiger partial charge in [0.15, 0.2) is 11.5 Å². The lowest BCUT2D eigenvalue weighted by atomic mass is 10.0. The fourth-order valence-electron chi connectivity index (χ4n) is 4.12. The van der Waals surface area contributed by atoms with E-state index in [1.807, 2.05) is 30.3 Å². The van der Waals surface area contributed by atoms with E-state index in [1.165, 1.54) is 18.7 Å². The molecule has 0 aliphatic carbocycles. The Balaban J connectivity index is 1.14. The number of benzene rings is 2. The van der Waals surface area contributed by atoms with Crippen LogP contribution in [0.5, 0.6) is 17.2 Å². The van der Waals surface area contributed by atoms with Crippen LogP contribution in [-0.4, -0.2) is 50.4 Å². The lowest BCUT2D eigenvalue weighted by Crippen LogP contribution is -2.27. The lowest BCUT2D eigenvalue weighted by Gasteiger charge is -2.16. The van der Waals surface area contributed by atoms with Crippen molar-refractivity contribution in [2.24, 2.45) is 11.8 Å². The summed E-state index contributed by atoms with van der Waals surface area (Å²) in [6.45, 7) is 9.53. The molecule has 1 saturated heterocycles. The Bertz CT molecular complexity index is 874. The van der Waals surface area contributed by atoms with Crippen LogP contribution in [0.1, 0.15) is 25.0 Å². The number of amides is 1. The zero-order valence-corrected chi connectivity index (χ0v) is 18.4. The summed E-state index contributed by atoms with van der Waals surface area (Å²) in [4.78, 5) is 14.7. The molecule has 166 valence electrons. The van der Waals surface area contributed by atoms with Gasteiger partial charge < -0.3 is 19.5 Å². The summed E-state index contributed by atoms with van der Waals surface area (Å²) in [5, 5.41) is 2.99. The maximum Gasteiger partial charge on any atom is 0.231 e. The summed E-state index contributed by atoms with van der Waals surface area (Å²) in [6, 6.07) is 13.8. The second kappa shape index (κ2) is 10.1. The minimum atomic E-state index is 0.00404. The quantitative estimate of drug-likeness (QED) is 0.669. The molecule has 2 aromatic rings. The first-order chi connectivity index (χ1) is 15.1. The fourth-order valence-corrected chi connectivity index (χ4v) is 4.12. The standard InChI is InChI=1S/C25H32N2O4/c1-18-15-27(16-19(18)2)11-12-29-22-6-3-20(4-7-22)9-10-26-25(28)14-21-5-8-23-24(13-21)31-17-30-23/h3-8,13,18-19H,9-12,14-17H2,1-2H3,(H,26,28)/t18-,19+. The van der Waals surface area contributed by atoms with Crippen molar-refractivity contribution in [2.75, 3.05) is 39.6 Å². The van der Waals surface area contributed by atoms with Crippen LogP contribution in [0.2, 0.25) is 0 Å². The third kappa shape index (κ3) is 5.91. The van der Waals surface area contributed by atoms with E-state index in [9.17, 15) is 4.79 Å². The average Bonchev–Trinajstić information content (AvgIpc) is 3.35. The zero-order valence-electron chi connectivity index (χ0n) is 18.4. The van der Waals surface area contributed by atoms with Gasteiger partial charge in [-0.1, -0.05) is 32.0 Å². The van der Waals surface area contributed by atoms with Gasteiger partial charge in [0.2, 0.25) is 12.7 Å². The minimum Gasteiger partial charge on any atom is -0.492 e. The molecule has 0 aromatic heterocycles. The van der Waals surface area contributed by atoms with Crippen molar-refractivity contribution in [1.29, 1.82) is 0 Å². The maximum atomic E-state index is 12.2. The Hall–Kier alpha value is -2.73. The summed E-state index contributed by atoms with van der Waals surface area (Å²) in [7, 11) is 0. The molecule has 1 fully saturated rings. The lowest BCUT2D eigenvalue weighted by molar-refractivity contribution is -0.120. The van der Waals surface area contributed by atoms with E-state index in [-0.39, 0.29) is 12.7 Å². The molecular weight excluding hydrogens is 392 g/mol. The van der Waals surface area contributed by atoms with Gasteiger partial charge in [0.1, 0.15) is 12.4 Å². The molecule has 0 spiro atoms. The van der Waals surface area contributed by atoms with E-state index in [0.29, 0.717) is 25.3 Å². The highest BCUT2D eigenvalue weighted by molar-refractivity contribution is 5.78. The molecule has 2 atom stereocenters. The van der Waals surface area contributed by atoms with Crippen molar-refractivity contribution >= 4 is 5.91 Å². The van der Waals surface area contributed by atoms with E-state index < -0.39 is 0 Å². The van der Waals surface area contributed by atoms with E-state index in [1.54, 1.807) is 0 Å². The summed E-state index contributed by atoms with van der Waals surface area (Å²) < 4.78 is 16.6. The molecule has 0 radical (unpaired) electrons. The van der Waals surface area contributed by atoms with Crippen LogP contribution in [0.4, 0.5) is 0 Å². The molecule has 4 rings (SSSR count). The molecule has 0 bridgehead atoms. The van der Waals surface area contributed by atoms with Gasteiger partial charge in [0.25, 0.3) is 0 Å². The average molecular weight is 425 g/mol. The predicted molar refractivity (Wildman–Crippen MR) is 120 cm³/mol. The Morgan fingerprint density at radius 2 is 1.74 bits per heavy atom. The third-order valence-corrected chi connectivity index (χ3v) is 6.20. The Labute approximate surface area is 184 Å². The first-order valence-corrected chi connectivity index (χ1v) is 11.2. The van der Waals surface area contributed by atoms with Crippen LogP contribution in [0.3, 0.4) is 0 Å². The Morgan fingerprint density at radius 1 is 1.03 bits per heavy atom. The van der Waals surface area contributed by atoms with E-state index in [2.05, 4.69) is 36.2 Å². The van der Waals surface area contributed by atoms with Gasteiger partial charge in [0, 0.05) is 26.2 Å². The topological polar surface area (TPSA) is 60.0 Å². The van der Waals surface area contributed by atoms with Gasteiger partial charge in [0.05, 0.1) is 6.42 Å². The molecule has 2 aromatic carbocycles. The van der Waals surface area contributed by atoms with Crippen molar-refractivity contribution in [2.45, 2.75) is 26.7 Å². The Kier molecular flexibility index (Phi) is 6.97. The monoisotopic (exact) mass is 424 g/mol. The molecule has 2 aliphatic rings. The van der Waals surface area contributed by atoms with Crippen molar-refractivity contribution in [3.8, 4) is 17.2 Å². The van der Waals surface area contributed by atoms with Crippen LogP contribution in [-0.2, 0) is 17.6 Å². The number of nitrogens with one attached hydrogen (secondary N) is 1. The van der Waals surface area contributed by atoms with Crippen LogP contribution in [0, 0.1) is 11.8 Å². The van der Waals surface area contributed by atoms with Gasteiger partial charge in [-0.25, -0.2) is 0 Å². The number of ether oxygens (including phenoxy) is 3. The van der Waals surface area contributed by atoms with Crippen LogP contribution >= 0.6 is 0 Å². The van der Waals surface area contributed by atoms with Gasteiger partial charge in [-0.05, 0) is 53.6 Å². The zero-order chi connectivity index (χ0) is 21.6. The number of fused-ring (bicyclic) bond motifs is 1. The van der Waals surface area contributed by atoms with Crippen molar-refractivity contribution in [1.82, 2.24) is 10.2 Å². The number of carbonyl (C=O) groups is 1. The number of rotatable bonds is 9. The number of likely N-dealkylation sites (tertiary alicyclic amines) is 1. The van der Waals surface area contributed by atoms with E-state index in [4.69, 9.17) is 14.2 Å². The summed E-state index contributed by atoms with van der Waals surface area (Å²) in [5.41, 5.74) is 2.10. The molecule has 1 N–H and O–H groups in total. The summed E-state index contributed by atoms with van der Waals surface area (Å²) in [5.74, 6) is 3.89. The highest BCUT2D eigenvalue weighted by atomic mass is 16.7. The second-order valence-electron chi connectivity index (χ2n) is 8.67. The van der Waals surface area contributed by atoms with Crippen LogP contribution in [0.15, 0.2) is 42.5 Å². The normalized spacial score (nSPS) is 20.1. The SMILES string of the molecule is C[C@@H]1CN(CCOc2ccc(CCNC(=O)Cc3ccc4c(c3)OCO4)cc2)C[C@@H]1C. The minimum absolute atomic E-state index is 0.00404. The number of nitrogens with zero attached hydrogens (tertiary/aromatic N) is 1. The Morgan fingerprint density at radius 3 is 2.52 bits per heavy atom. The van der Waals surface area contributed by atoms with Gasteiger partial charge >= 0.3 is 0 Å². The molecule has 2 heterocycles. The van der Waals surface area contributed by atoms with E-state index in [0.717, 1.165) is 41.9 Å². The highest BCUT2D eigenvalue weighted by Gasteiger charge is 2.25. The second-order valence-corrected chi connectivity index (χ2v) is 8.67. The fraction of sp³-hybridized carbons (Fsp3) is 0.480. The largest absolute Gasteiger partial charge is 0.492 e. The number of hydrogen-bond donors (Lipinski definition) is 1. The van der Waals surface area contributed by atoms with E-state index >= 15 is 0 Å². The molecule has 31 heavy (non-hydrogen) atoms. The van der Waals surface area contributed by atoms with Crippen molar-refractivity contribution in [3.05, 3.63) is 53.6 Å². The number of carbonyl (C=O) groups excluding carboxylic acids is 1. The summed E-state index contributed by atoms with van der Waals surface area (Å²) in [6.07, 6.45) is 1.12. The van der Waals surface area contributed by atoms with Crippen LogP contribution in [0.25, 0.3) is 0 Å². The molecule has 2 aliphatic heterocycles. The smallest absolute Gasteiger partial charge is 0.231 e. The molecule has 1 amide bonds. The molecule has 0 unspecified atom stereocenters. The van der Waals surface area contributed by atoms with Gasteiger partial charge in [-0.15, -0.1) is 0 Å². The van der Waals surface area contributed by atoms with Crippen molar-refractivity contribution in [3.63, 3.8) is 0 Å². The van der Waals surface area contributed by atoms with Crippen LogP contribution < -0.4 is 19.5 Å². The highest BCUT2D eigenvalue weighted by Crippen LogP contribution is 2.32. The first kappa shape index (κ1) is 21.5. The molecular formula is C25H32N2O4. The van der Waals surface area contributed by atoms with Crippen molar-refractivity contribution < 1.29 is 19.0 Å². The maximum absolute atomic E-state index is 12.2. The van der Waals surface area contributed by atoms with Gasteiger partial charge in [-0.3, -0.25) is 9.69 Å². The van der Waals surface area contributed by atoms with Gasteiger partial charge in [-0.2, -0.15) is 0 Å². The summed E-state index contributed by atoms with van der Waals surface area (Å²) >= 11 is 0. The molecule has 6 heteroatoms.